The molecule has 0 N–H and O–H groups in total. The van der Waals surface area contributed by atoms with Crippen molar-refractivity contribution in [2.45, 2.75) is 82.9 Å². The molecule has 3 fully saturated rings. The van der Waals surface area contributed by atoms with Gasteiger partial charge in [0.15, 0.2) is 16.7 Å². The number of nitrogens with zero attached hydrogens (tertiary/aromatic N) is 2. The van der Waals surface area contributed by atoms with Crippen LogP contribution in [0, 0.1) is 5.82 Å². The normalized spacial score (nSPS) is 21.4. The van der Waals surface area contributed by atoms with Gasteiger partial charge in [-0.2, -0.15) is 0 Å². The Morgan fingerprint density at radius 1 is 1.05 bits per heavy atom. The first-order valence-corrected chi connectivity index (χ1v) is 15.2. The maximum atomic E-state index is 13.7. The van der Waals surface area contributed by atoms with Crippen LogP contribution in [0.4, 0.5) is 4.39 Å². The van der Waals surface area contributed by atoms with Crippen LogP contribution in [-0.4, -0.2) is 35.2 Å². The molecular formula is C30H34BrFN2O3S. The lowest BCUT2D eigenvalue weighted by Crippen LogP contribution is -2.41. The third-order valence-corrected chi connectivity index (χ3v) is 9.08. The molecule has 2 aromatic rings. The zero-order valence-corrected chi connectivity index (χ0v) is 24.2. The summed E-state index contributed by atoms with van der Waals surface area (Å²) in [5, 5.41) is 0.880. The molecule has 0 aromatic heterocycles. The van der Waals surface area contributed by atoms with Gasteiger partial charge in [-0.25, -0.2) is 4.39 Å². The molecule has 1 saturated heterocycles. The van der Waals surface area contributed by atoms with E-state index < -0.39 is 0 Å². The number of hydrogen-bond donors (Lipinski definition) is 0. The van der Waals surface area contributed by atoms with Gasteiger partial charge in [0.05, 0.1) is 22.5 Å². The van der Waals surface area contributed by atoms with E-state index in [1.165, 1.54) is 62.4 Å². The Hall–Kier alpha value is -2.32. The SMILES string of the molecule is COc1cc(C=C2SC(=NC3CCCCC3)N(C3CCCCC3)C2=O)cc(Br)c1OCc1ccc(F)cc1. The summed E-state index contributed by atoms with van der Waals surface area (Å²) < 4.78 is 25.6. The molecule has 202 valence electrons. The Morgan fingerprint density at radius 3 is 2.42 bits per heavy atom. The van der Waals surface area contributed by atoms with Gasteiger partial charge in [-0.1, -0.05) is 50.7 Å². The summed E-state index contributed by atoms with van der Waals surface area (Å²) in [7, 11) is 1.60. The molecule has 1 amide bonds. The minimum atomic E-state index is -0.279. The predicted molar refractivity (Wildman–Crippen MR) is 155 cm³/mol. The molecule has 8 heteroatoms. The van der Waals surface area contributed by atoms with E-state index in [1.54, 1.807) is 19.2 Å². The molecular weight excluding hydrogens is 567 g/mol. The lowest BCUT2D eigenvalue weighted by Gasteiger charge is -2.31. The number of carbonyl (C=O) groups excluding carboxylic acids is 1. The highest BCUT2D eigenvalue weighted by molar-refractivity contribution is 9.10. The van der Waals surface area contributed by atoms with Crippen LogP contribution >= 0.6 is 27.7 Å². The summed E-state index contributed by atoms with van der Waals surface area (Å²) in [6.07, 6.45) is 13.5. The van der Waals surface area contributed by atoms with Crippen LogP contribution in [0.1, 0.15) is 75.3 Å². The second kappa shape index (κ2) is 12.7. The third kappa shape index (κ3) is 6.45. The molecule has 0 atom stereocenters. The van der Waals surface area contributed by atoms with Crippen molar-refractivity contribution in [1.82, 2.24) is 4.90 Å². The monoisotopic (exact) mass is 600 g/mol. The Labute approximate surface area is 237 Å². The quantitative estimate of drug-likeness (QED) is 0.301. The molecule has 2 saturated carbocycles. The lowest BCUT2D eigenvalue weighted by molar-refractivity contribution is -0.124. The highest BCUT2D eigenvalue weighted by atomic mass is 79.9. The summed E-state index contributed by atoms with van der Waals surface area (Å²) in [5.74, 6) is 0.901. The summed E-state index contributed by atoms with van der Waals surface area (Å²) >= 11 is 5.13. The molecule has 0 unspecified atom stereocenters. The van der Waals surface area contributed by atoms with Gasteiger partial charge in [0, 0.05) is 6.04 Å². The molecule has 5 rings (SSSR count). The van der Waals surface area contributed by atoms with Crippen molar-refractivity contribution in [3.63, 3.8) is 0 Å². The average molecular weight is 602 g/mol. The second-order valence-electron chi connectivity index (χ2n) is 10.2. The molecule has 3 aliphatic rings. The van der Waals surface area contributed by atoms with Crippen LogP contribution in [0.15, 0.2) is 50.8 Å². The van der Waals surface area contributed by atoms with Crippen molar-refractivity contribution in [2.24, 2.45) is 4.99 Å². The van der Waals surface area contributed by atoms with Gasteiger partial charge in [-0.15, -0.1) is 0 Å². The largest absolute Gasteiger partial charge is 0.493 e. The molecule has 2 aromatic carbocycles. The highest BCUT2D eigenvalue weighted by Gasteiger charge is 2.39. The van der Waals surface area contributed by atoms with Crippen LogP contribution in [0.3, 0.4) is 0 Å². The maximum Gasteiger partial charge on any atom is 0.266 e. The fourth-order valence-corrected chi connectivity index (χ4v) is 7.14. The van der Waals surface area contributed by atoms with E-state index in [1.807, 2.05) is 23.1 Å². The van der Waals surface area contributed by atoms with Crippen LogP contribution in [-0.2, 0) is 11.4 Å². The van der Waals surface area contributed by atoms with Gasteiger partial charge in [0.2, 0.25) is 0 Å². The fourth-order valence-electron chi connectivity index (χ4n) is 5.45. The van der Waals surface area contributed by atoms with E-state index >= 15 is 0 Å². The molecule has 38 heavy (non-hydrogen) atoms. The van der Waals surface area contributed by atoms with Crippen LogP contribution < -0.4 is 9.47 Å². The number of hydrogen-bond acceptors (Lipinski definition) is 5. The number of rotatable bonds is 7. The Kier molecular flexibility index (Phi) is 9.10. The van der Waals surface area contributed by atoms with Crippen LogP contribution in [0.2, 0.25) is 0 Å². The number of benzene rings is 2. The molecule has 5 nitrogen and oxygen atoms in total. The van der Waals surface area contributed by atoms with Crippen molar-refractivity contribution in [1.29, 1.82) is 0 Å². The Balaban J connectivity index is 1.39. The maximum absolute atomic E-state index is 13.7. The number of carbonyl (C=O) groups is 1. The number of amides is 1. The minimum absolute atomic E-state index is 0.0585. The third-order valence-electron chi connectivity index (χ3n) is 7.49. The summed E-state index contributed by atoms with van der Waals surface area (Å²) in [4.78, 5) is 21.5. The second-order valence-corrected chi connectivity index (χ2v) is 12.1. The number of halogens is 2. The number of aliphatic imine (C=N–C) groups is 1. The van der Waals surface area contributed by atoms with E-state index in [4.69, 9.17) is 14.5 Å². The predicted octanol–water partition coefficient (Wildman–Crippen LogP) is 8.11. The molecule has 1 aliphatic heterocycles. The first-order chi connectivity index (χ1) is 18.5. The van der Waals surface area contributed by atoms with Crippen molar-refractivity contribution >= 4 is 44.8 Å². The molecule has 1 heterocycles. The number of amidine groups is 1. The van der Waals surface area contributed by atoms with E-state index in [-0.39, 0.29) is 24.4 Å². The molecule has 2 aliphatic carbocycles. The smallest absolute Gasteiger partial charge is 0.266 e. The minimum Gasteiger partial charge on any atom is -0.493 e. The lowest BCUT2D eigenvalue weighted by atomic mass is 9.94. The first-order valence-electron chi connectivity index (χ1n) is 13.6. The average Bonchev–Trinajstić information content (AvgIpc) is 3.23. The van der Waals surface area contributed by atoms with Gasteiger partial charge >= 0.3 is 0 Å². The standard InChI is InChI=1S/C30H34BrFN2O3S/c1-36-26-17-21(16-25(31)28(26)37-19-20-12-14-22(32)15-13-20)18-27-29(35)34(24-10-6-3-7-11-24)30(38-27)33-23-8-4-2-5-9-23/h12-18,23-24H,2-11,19H2,1H3. The summed E-state index contributed by atoms with van der Waals surface area (Å²) in [5.41, 5.74) is 1.70. The van der Waals surface area contributed by atoms with Crippen LogP contribution in [0.25, 0.3) is 6.08 Å². The van der Waals surface area contributed by atoms with E-state index in [0.29, 0.717) is 22.4 Å². The topological polar surface area (TPSA) is 51.1 Å². The van der Waals surface area contributed by atoms with Crippen molar-refractivity contribution in [3.8, 4) is 11.5 Å². The summed E-state index contributed by atoms with van der Waals surface area (Å²) in [6.45, 7) is 0.279. The van der Waals surface area contributed by atoms with E-state index in [0.717, 1.165) is 46.5 Å². The van der Waals surface area contributed by atoms with Crippen molar-refractivity contribution in [2.75, 3.05) is 7.11 Å². The van der Waals surface area contributed by atoms with Crippen molar-refractivity contribution < 1.29 is 18.7 Å². The highest BCUT2D eigenvalue weighted by Crippen LogP contribution is 2.41. The van der Waals surface area contributed by atoms with Crippen molar-refractivity contribution in [3.05, 3.63) is 62.7 Å². The Bertz CT molecular complexity index is 1200. The van der Waals surface area contributed by atoms with Gasteiger partial charge in [-0.3, -0.25) is 14.7 Å². The van der Waals surface area contributed by atoms with Crippen LogP contribution in [0.5, 0.6) is 11.5 Å². The zero-order valence-electron chi connectivity index (χ0n) is 21.8. The molecule has 0 bridgehead atoms. The number of methoxy groups -OCH3 is 1. The molecule has 0 radical (unpaired) electrons. The fraction of sp³-hybridized carbons (Fsp3) is 0.467. The summed E-state index contributed by atoms with van der Waals surface area (Å²) in [6, 6.07) is 10.6. The molecule has 0 spiro atoms. The zero-order chi connectivity index (χ0) is 26.5. The van der Waals surface area contributed by atoms with Gasteiger partial charge < -0.3 is 9.47 Å². The number of ether oxygens (including phenoxy) is 2. The Morgan fingerprint density at radius 2 is 1.74 bits per heavy atom. The van der Waals surface area contributed by atoms with Gasteiger partial charge in [0.1, 0.15) is 12.4 Å². The van der Waals surface area contributed by atoms with E-state index in [9.17, 15) is 9.18 Å². The van der Waals surface area contributed by atoms with Gasteiger partial charge in [-0.05, 0) is 94.8 Å². The number of thioether (sulfide) groups is 1. The van der Waals surface area contributed by atoms with E-state index in [2.05, 4.69) is 15.9 Å². The van der Waals surface area contributed by atoms with Gasteiger partial charge in [0.25, 0.3) is 5.91 Å². The first kappa shape index (κ1) is 27.3.